The van der Waals surface area contributed by atoms with Crippen LogP contribution in [0, 0.1) is 5.82 Å². The lowest BCUT2D eigenvalue weighted by Gasteiger charge is -2.09. The fraction of sp³-hybridized carbons (Fsp3) is 0.0625. The molecule has 1 amide bonds. The molecule has 0 spiro atoms. The van der Waals surface area contributed by atoms with Crippen LogP contribution in [0.15, 0.2) is 48.5 Å². The van der Waals surface area contributed by atoms with Crippen molar-refractivity contribution in [3.63, 3.8) is 0 Å². The van der Waals surface area contributed by atoms with E-state index in [1.165, 1.54) is 36.4 Å². The number of carbonyl (C=O) groups is 1. The highest BCUT2D eigenvalue weighted by Crippen LogP contribution is 2.30. The topological polar surface area (TPSA) is 44.9 Å². The van der Waals surface area contributed by atoms with E-state index in [1.54, 1.807) is 0 Å². The predicted molar refractivity (Wildman–Crippen MR) is 77.7 cm³/mol. The van der Waals surface area contributed by atoms with Crippen molar-refractivity contribution in [1.82, 2.24) is 4.98 Å². The number of anilines is 1. The quantitative estimate of drug-likeness (QED) is 0.667. The summed E-state index contributed by atoms with van der Waals surface area (Å²) in [5.41, 5.74) is -0.272. The molecule has 0 saturated heterocycles. The lowest BCUT2D eigenvalue weighted by Crippen LogP contribution is -2.13. The summed E-state index contributed by atoms with van der Waals surface area (Å²) in [7, 11) is 0. The van der Waals surface area contributed by atoms with Gasteiger partial charge >= 0.3 is 6.18 Å². The van der Waals surface area contributed by atoms with Gasteiger partial charge in [0, 0.05) is 16.6 Å². The molecule has 0 radical (unpaired) electrons. The maximum Gasteiger partial charge on any atom is 0.416 e. The molecule has 0 aliphatic heterocycles. The van der Waals surface area contributed by atoms with Crippen molar-refractivity contribution in [3.8, 4) is 0 Å². The Kier molecular flexibility index (Phi) is 3.55. The molecule has 1 heterocycles. The van der Waals surface area contributed by atoms with Crippen LogP contribution in [-0.4, -0.2) is 10.9 Å². The molecular formula is C16H10F4N2O. The Morgan fingerprint density at radius 1 is 1.04 bits per heavy atom. The first-order chi connectivity index (χ1) is 10.8. The van der Waals surface area contributed by atoms with Crippen molar-refractivity contribution in [3.05, 3.63) is 65.6 Å². The molecule has 118 valence electrons. The third kappa shape index (κ3) is 3.18. The molecule has 0 bridgehead atoms. The van der Waals surface area contributed by atoms with Gasteiger partial charge in [-0.25, -0.2) is 4.39 Å². The molecule has 0 aliphatic carbocycles. The summed E-state index contributed by atoms with van der Waals surface area (Å²) in [6.07, 6.45) is -4.49. The number of benzene rings is 2. The Balaban J connectivity index is 1.86. The van der Waals surface area contributed by atoms with E-state index >= 15 is 0 Å². The summed E-state index contributed by atoms with van der Waals surface area (Å²) in [6, 6.07) is 9.82. The predicted octanol–water partition coefficient (Wildman–Crippen LogP) is 4.58. The van der Waals surface area contributed by atoms with Crippen LogP contribution >= 0.6 is 0 Å². The summed E-state index contributed by atoms with van der Waals surface area (Å²) in [6.45, 7) is 0. The minimum absolute atomic E-state index is 0.0228. The second-order valence-electron chi connectivity index (χ2n) is 4.95. The number of aromatic amines is 1. The van der Waals surface area contributed by atoms with E-state index in [4.69, 9.17) is 0 Å². The highest BCUT2D eigenvalue weighted by molar-refractivity contribution is 6.05. The molecule has 0 unspecified atom stereocenters. The molecule has 2 aromatic carbocycles. The average molecular weight is 322 g/mol. The first-order valence-electron chi connectivity index (χ1n) is 6.60. The van der Waals surface area contributed by atoms with Crippen molar-refractivity contribution in [1.29, 1.82) is 0 Å². The van der Waals surface area contributed by atoms with Gasteiger partial charge in [0.1, 0.15) is 11.5 Å². The van der Waals surface area contributed by atoms with Gasteiger partial charge in [-0.3, -0.25) is 4.79 Å². The molecule has 3 nitrogen and oxygen atoms in total. The van der Waals surface area contributed by atoms with Gasteiger partial charge in [-0.2, -0.15) is 13.2 Å². The van der Waals surface area contributed by atoms with Crippen LogP contribution in [0.25, 0.3) is 10.9 Å². The maximum atomic E-state index is 13.1. The number of hydrogen-bond acceptors (Lipinski definition) is 1. The van der Waals surface area contributed by atoms with E-state index in [-0.39, 0.29) is 11.4 Å². The van der Waals surface area contributed by atoms with E-state index in [1.807, 2.05) is 0 Å². The van der Waals surface area contributed by atoms with Gasteiger partial charge in [-0.15, -0.1) is 0 Å². The standard InChI is InChI=1S/C16H10F4N2O/c17-11-5-4-9-6-14(22-13(9)8-11)15(23)21-12-3-1-2-10(7-12)16(18,19)20/h1-8,22H,(H,21,23). The second kappa shape index (κ2) is 5.42. The van der Waals surface area contributed by atoms with Crippen molar-refractivity contribution < 1.29 is 22.4 Å². The van der Waals surface area contributed by atoms with Gasteiger partial charge < -0.3 is 10.3 Å². The summed E-state index contributed by atoms with van der Waals surface area (Å²) < 4.78 is 51.1. The number of aromatic nitrogens is 1. The Morgan fingerprint density at radius 3 is 2.57 bits per heavy atom. The van der Waals surface area contributed by atoms with Gasteiger partial charge in [0.05, 0.1) is 5.56 Å². The molecule has 3 aromatic rings. The summed E-state index contributed by atoms with van der Waals surface area (Å²) in [5, 5.41) is 3.01. The van der Waals surface area contributed by atoms with Crippen molar-refractivity contribution >= 4 is 22.5 Å². The zero-order chi connectivity index (χ0) is 16.6. The molecule has 0 saturated carbocycles. The van der Waals surface area contributed by atoms with E-state index in [2.05, 4.69) is 10.3 Å². The van der Waals surface area contributed by atoms with E-state index in [0.717, 1.165) is 12.1 Å². The van der Waals surface area contributed by atoms with Gasteiger partial charge in [0.15, 0.2) is 0 Å². The van der Waals surface area contributed by atoms with Gasteiger partial charge in [-0.05, 0) is 42.5 Å². The molecule has 2 N–H and O–H groups in total. The summed E-state index contributed by atoms with van der Waals surface area (Å²) in [5.74, 6) is -1.06. The van der Waals surface area contributed by atoms with E-state index in [9.17, 15) is 22.4 Å². The molecule has 3 rings (SSSR count). The summed E-state index contributed by atoms with van der Waals surface area (Å²) >= 11 is 0. The number of carbonyl (C=O) groups excluding carboxylic acids is 1. The molecule has 23 heavy (non-hydrogen) atoms. The lowest BCUT2D eigenvalue weighted by atomic mass is 10.2. The number of halogens is 4. The highest BCUT2D eigenvalue weighted by atomic mass is 19.4. The Hall–Kier alpha value is -2.83. The SMILES string of the molecule is O=C(Nc1cccc(C(F)(F)F)c1)c1cc2ccc(F)cc2[nH]1. The van der Waals surface area contributed by atoms with Gasteiger partial charge in [-0.1, -0.05) is 6.07 Å². The van der Waals surface area contributed by atoms with Crippen molar-refractivity contribution in [2.45, 2.75) is 6.18 Å². The minimum Gasteiger partial charge on any atom is -0.350 e. The van der Waals surface area contributed by atoms with Crippen LogP contribution in [0.5, 0.6) is 0 Å². The molecule has 0 atom stereocenters. The van der Waals surface area contributed by atoms with Crippen LogP contribution in [0.2, 0.25) is 0 Å². The summed E-state index contributed by atoms with van der Waals surface area (Å²) in [4.78, 5) is 14.8. The Bertz CT molecular complexity index is 883. The van der Waals surface area contributed by atoms with Crippen LogP contribution in [0.4, 0.5) is 23.2 Å². The number of amides is 1. The number of H-pyrrole nitrogens is 1. The van der Waals surface area contributed by atoms with Crippen molar-refractivity contribution in [2.24, 2.45) is 0 Å². The first-order valence-corrected chi connectivity index (χ1v) is 6.60. The molecule has 1 aromatic heterocycles. The second-order valence-corrected chi connectivity index (χ2v) is 4.95. The third-order valence-electron chi connectivity index (χ3n) is 3.28. The first kappa shape index (κ1) is 15.1. The van der Waals surface area contributed by atoms with Gasteiger partial charge in [0.25, 0.3) is 5.91 Å². The van der Waals surface area contributed by atoms with Crippen molar-refractivity contribution in [2.75, 3.05) is 5.32 Å². The van der Waals surface area contributed by atoms with Crippen LogP contribution < -0.4 is 5.32 Å². The number of alkyl halides is 3. The van der Waals surface area contributed by atoms with E-state index < -0.39 is 23.5 Å². The largest absolute Gasteiger partial charge is 0.416 e. The zero-order valence-electron chi connectivity index (χ0n) is 11.5. The minimum atomic E-state index is -4.49. The Labute approximate surface area is 127 Å². The monoisotopic (exact) mass is 322 g/mol. The van der Waals surface area contributed by atoms with E-state index in [0.29, 0.717) is 10.9 Å². The normalized spacial score (nSPS) is 11.7. The average Bonchev–Trinajstić information content (AvgIpc) is 2.90. The molecule has 0 fully saturated rings. The van der Waals surface area contributed by atoms with Crippen LogP contribution in [0.1, 0.15) is 16.1 Å². The molecule has 7 heteroatoms. The molecular weight excluding hydrogens is 312 g/mol. The van der Waals surface area contributed by atoms with Crippen LogP contribution in [-0.2, 0) is 6.18 Å². The lowest BCUT2D eigenvalue weighted by molar-refractivity contribution is -0.137. The number of nitrogens with one attached hydrogen (secondary N) is 2. The zero-order valence-corrected chi connectivity index (χ0v) is 11.5. The van der Waals surface area contributed by atoms with Crippen LogP contribution in [0.3, 0.4) is 0 Å². The number of rotatable bonds is 2. The number of hydrogen-bond donors (Lipinski definition) is 2. The smallest absolute Gasteiger partial charge is 0.350 e. The fourth-order valence-corrected chi connectivity index (χ4v) is 2.19. The third-order valence-corrected chi connectivity index (χ3v) is 3.28. The number of fused-ring (bicyclic) bond motifs is 1. The highest BCUT2D eigenvalue weighted by Gasteiger charge is 2.30. The maximum absolute atomic E-state index is 13.1. The molecule has 0 aliphatic rings. The Morgan fingerprint density at radius 2 is 1.83 bits per heavy atom. The van der Waals surface area contributed by atoms with Gasteiger partial charge in [0.2, 0.25) is 0 Å². The fourth-order valence-electron chi connectivity index (χ4n) is 2.19.